The summed E-state index contributed by atoms with van der Waals surface area (Å²) in [5.41, 5.74) is 4.94. The number of aryl methyl sites for hydroxylation is 2. The molecule has 31 heavy (non-hydrogen) atoms. The largest absolute Gasteiger partial charge is 0.491 e. The number of nitrogens with zero attached hydrogens (tertiary/aromatic N) is 6. The first-order valence-corrected chi connectivity index (χ1v) is 10.9. The SMILES string of the molecule is Cc1nn(C)c(C)c1CN1CCN(c2cnccn2)CC1c1ccc(OC(C)C)cc1. The van der Waals surface area contributed by atoms with Crippen LogP contribution in [0.2, 0.25) is 0 Å². The van der Waals surface area contributed by atoms with Gasteiger partial charge in [0.25, 0.3) is 0 Å². The molecular weight excluding hydrogens is 388 g/mol. The maximum Gasteiger partial charge on any atom is 0.147 e. The number of benzene rings is 1. The third kappa shape index (κ3) is 4.71. The lowest BCUT2D eigenvalue weighted by Gasteiger charge is -2.42. The summed E-state index contributed by atoms with van der Waals surface area (Å²) in [5, 5.41) is 4.62. The molecule has 3 heterocycles. The second-order valence-electron chi connectivity index (χ2n) is 8.50. The van der Waals surface area contributed by atoms with E-state index in [-0.39, 0.29) is 12.1 Å². The van der Waals surface area contributed by atoms with Crippen LogP contribution >= 0.6 is 0 Å². The Morgan fingerprint density at radius 3 is 2.48 bits per heavy atom. The molecule has 0 radical (unpaired) electrons. The summed E-state index contributed by atoms with van der Waals surface area (Å²) >= 11 is 0. The Morgan fingerprint density at radius 1 is 1.10 bits per heavy atom. The van der Waals surface area contributed by atoms with Gasteiger partial charge in [0.05, 0.1) is 24.0 Å². The Morgan fingerprint density at radius 2 is 1.87 bits per heavy atom. The van der Waals surface area contributed by atoms with E-state index in [2.05, 4.69) is 63.0 Å². The maximum atomic E-state index is 5.85. The number of piperazine rings is 1. The van der Waals surface area contributed by atoms with Crippen molar-refractivity contribution in [2.24, 2.45) is 7.05 Å². The minimum atomic E-state index is 0.167. The van der Waals surface area contributed by atoms with Gasteiger partial charge >= 0.3 is 0 Å². The zero-order valence-corrected chi connectivity index (χ0v) is 19.1. The van der Waals surface area contributed by atoms with Crippen molar-refractivity contribution in [1.82, 2.24) is 24.6 Å². The van der Waals surface area contributed by atoms with Gasteiger partial charge in [-0.15, -0.1) is 0 Å². The first kappa shape index (κ1) is 21.3. The van der Waals surface area contributed by atoms with Gasteiger partial charge < -0.3 is 9.64 Å². The molecule has 1 atom stereocenters. The molecule has 1 aromatic carbocycles. The van der Waals surface area contributed by atoms with E-state index in [4.69, 9.17) is 4.74 Å². The van der Waals surface area contributed by atoms with E-state index in [1.165, 1.54) is 16.8 Å². The van der Waals surface area contributed by atoms with Crippen molar-refractivity contribution in [3.05, 3.63) is 65.4 Å². The lowest BCUT2D eigenvalue weighted by molar-refractivity contribution is 0.167. The van der Waals surface area contributed by atoms with Crippen LogP contribution in [0.1, 0.15) is 42.4 Å². The molecule has 164 valence electrons. The number of hydrogen-bond acceptors (Lipinski definition) is 6. The molecule has 4 rings (SSSR count). The molecule has 0 amide bonds. The topological polar surface area (TPSA) is 59.3 Å². The highest BCUT2D eigenvalue weighted by Gasteiger charge is 2.30. The van der Waals surface area contributed by atoms with Crippen LogP contribution in [0, 0.1) is 13.8 Å². The van der Waals surface area contributed by atoms with Gasteiger partial charge in [-0.1, -0.05) is 12.1 Å². The van der Waals surface area contributed by atoms with Gasteiger partial charge in [-0.05, 0) is 45.4 Å². The van der Waals surface area contributed by atoms with Crippen LogP contribution in [-0.2, 0) is 13.6 Å². The first-order chi connectivity index (χ1) is 14.9. The van der Waals surface area contributed by atoms with Gasteiger partial charge in [-0.2, -0.15) is 5.10 Å². The fraction of sp³-hybridized carbons (Fsp3) is 0.458. The smallest absolute Gasteiger partial charge is 0.147 e. The summed E-state index contributed by atoms with van der Waals surface area (Å²) in [7, 11) is 2.02. The zero-order chi connectivity index (χ0) is 22.0. The summed E-state index contributed by atoms with van der Waals surface area (Å²) in [4.78, 5) is 13.7. The third-order valence-corrected chi connectivity index (χ3v) is 6.02. The minimum Gasteiger partial charge on any atom is -0.491 e. The Bertz CT molecular complexity index is 999. The van der Waals surface area contributed by atoms with Crippen LogP contribution < -0.4 is 9.64 Å². The molecular formula is C24H32N6O. The van der Waals surface area contributed by atoms with Crippen molar-refractivity contribution in [3.63, 3.8) is 0 Å². The van der Waals surface area contributed by atoms with E-state index < -0.39 is 0 Å². The lowest BCUT2D eigenvalue weighted by atomic mass is 10.0. The van der Waals surface area contributed by atoms with Gasteiger partial charge in [0.15, 0.2) is 0 Å². The van der Waals surface area contributed by atoms with E-state index in [0.717, 1.165) is 43.4 Å². The van der Waals surface area contributed by atoms with Crippen LogP contribution in [0.25, 0.3) is 0 Å². The molecule has 0 bridgehead atoms. The van der Waals surface area contributed by atoms with Gasteiger partial charge in [0.1, 0.15) is 11.6 Å². The third-order valence-electron chi connectivity index (χ3n) is 6.02. The molecule has 7 nitrogen and oxygen atoms in total. The Kier molecular flexibility index (Phi) is 6.23. The van der Waals surface area contributed by atoms with Crippen molar-refractivity contribution < 1.29 is 4.74 Å². The van der Waals surface area contributed by atoms with Crippen LogP contribution in [0.15, 0.2) is 42.9 Å². The molecule has 0 aliphatic carbocycles. The number of hydrogen-bond donors (Lipinski definition) is 0. The van der Waals surface area contributed by atoms with Crippen LogP contribution in [0.5, 0.6) is 5.75 Å². The van der Waals surface area contributed by atoms with E-state index >= 15 is 0 Å². The number of rotatable bonds is 6. The van der Waals surface area contributed by atoms with Crippen LogP contribution in [0.4, 0.5) is 5.82 Å². The van der Waals surface area contributed by atoms with Crippen molar-refractivity contribution >= 4 is 5.82 Å². The predicted octanol–water partition coefficient (Wildman–Crippen LogP) is 3.68. The second kappa shape index (κ2) is 9.06. The molecule has 7 heteroatoms. The average Bonchev–Trinajstić information content (AvgIpc) is 3.01. The maximum absolute atomic E-state index is 5.85. The summed E-state index contributed by atoms with van der Waals surface area (Å²) in [5.74, 6) is 1.84. The monoisotopic (exact) mass is 420 g/mol. The highest BCUT2D eigenvalue weighted by molar-refractivity contribution is 5.39. The van der Waals surface area contributed by atoms with E-state index in [9.17, 15) is 0 Å². The standard InChI is InChI=1S/C24H32N6O/c1-17(2)31-21-8-6-20(7-9-21)23-16-30(24-14-25-10-11-26-24)13-12-29(23)15-22-18(3)27-28(5)19(22)4/h6-11,14,17,23H,12-13,15-16H2,1-5H3. The number of aromatic nitrogens is 4. The van der Waals surface area contributed by atoms with Gasteiger partial charge in [-0.25, -0.2) is 4.98 Å². The Hall–Kier alpha value is -2.93. The molecule has 0 saturated carbocycles. The fourth-order valence-corrected chi connectivity index (χ4v) is 4.28. The molecule has 0 spiro atoms. The van der Waals surface area contributed by atoms with Gasteiger partial charge in [0, 0.05) is 56.9 Å². The van der Waals surface area contributed by atoms with Crippen molar-refractivity contribution in [3.8, 4) is 5.75 Å². The van der Waals surface area contributed by atoms with Gasteiger partial charge in [-0.3, -0.25) is 14.6 Å². The molecule has 0 N–H and O–H groups in total. The number of anilines is 1. The number of ether oxygens (including phenoxy) is 1. The Balaban J connectivity index is 1.62. The normalized spacial score (nSPS) is 17.4. The van der Waals surface area contributed by atoms with Crippen LogP contribution in [0.3, 0.4) is 0 Å². The molecule has 2 aromatic heterocycles. The summed E-state index contributed by atoms with van der Waals surface area (Å²) in [6, 6.07) is 8.78. The lowest BCUT2D eigenvalue weighted by Crippen LogP contribution is -2.48. The molecule has 1 aliphatic rings. The van der Waals surface area contributed by atoms with E-state index in [1.54, 1.807) is 12.4 Å². The summed E-state index contributed by atoms with van der Waals surface area (Å²) in [6.45, 7) is 12.0. The molecule has 3 aromatic rings. The summed E-state index contributed by atoms with van der Waals surface area (Å²) in [6.07, 6.45) is 5.50. The van der Waals surface area contributed by atoms with Crippen molar-refractivity contribution in [2.45, 2.75) is 46.4 Å². The van der Waals surface area contributed by atoms with E-state index in [1.807, 2.05) is 31.8 Å². The highest BCUT2D eigenvalue weighted by Crippen LogP contribution is 2.31. The quantitative estimate of drug-likeness (QED) is 0.606. The first-order valence-electron chi connectivity index (χ1n) is 10.9. The molecule has 1 fully saturated rings. The summed E-state index contributed by atoms with van der Waals surface area (Å²) < 4.78 is 7.83. The molecule has 1 unspecified atom stereocenters. The predicted molar refractivity (Wildman–Crippen MR) is 122 cm³/mol. The Labute approximate surface area is 184 Å². The highest BCUT2D eigenvalue weighted by atomic mass is 16.5. The van der Waals surface area contributed by atoms with Gasteiger partial charge in [0.2, 0.25) is 0 Å². The molecule has 1 aliphatic heterocycles. The van der Waals surface area contributed by atoms with Crippen LogP contribution in [-0.4, -0.2) is 50.4 Å². The minimum absolute atomic E-state index is 0.167. The average molecular weight is 421 g/mol. The van der Waals surface area contributed by atoms with Crippen molar-refractivity contribution in [2.75, 3.05) is 24.5 Å². The zero-order valence-electron chi connectivity index (χ0n) is 19.1. The second-order valence-corrected chi connectivity index (χ2v) is 8.50. The fourth-order valence-electron chi connectivity index (χ4n) is 4.28. The van der Waals surface area contributed by atoms with E-state index in [0.29, 0.717) is 0 Å². The molecule has 1 saturated heterocycles. The van der Waals surface area contributed by atoms with Crippen molar-refractivity contribution in [1.29, 1.82) is 0 Å².